The van der Waals surface area contributed by atoms with E-state index in [0.717, 1.165) is 11.8 Å². The predicted molar refractivity (Wildman–Crippen MR) is 101 cm³/mol. The number of rotatable bonds is 8. The molecule has 0 unspecified atom stereocenters. The van der Waals surface area contributed by atoms with Gasteiger partial charge in [-0.15, -0.1) is 11.3 Å². The third-order valence-corrected chi connectivity index (χ3v) is 4.75. The number of hydrogen-bond acceptors (Lipinski definition) is 8. The molecule has 0 atom stereocenters. The molecule has 0 spiro atoms. The predicted octanol–water partition coefficient (Wildman–Crippen LogP) is 2.01. The summed E-state index contributed by atoms with van der Waals surface area (Å²) in [4.78, 5) is 46.8. The van der Waals surface area contributed by atoms with Crippen molar-refractivity contribution in [2.75, 3.05) is 11.1 Å². The molecule has 140 valence electrons. The first-order chi connectivity index (χ1) is 12.4. The monoisotopic (exact) mass is 396 g/mol. The van der Waals surface area contributed by atoms with Gasteiger partial charge in [-0.2, -0.15) is 0 Å². The third kappa shape index (κ3) is 6.60. The van der Waals surface area contributed by atoms with Gasteiger partial charge in [0.05, 0.1) is 18.3 Å². The molecule has 0 fully saturated rings. The summed E-state index contributed by atoms with van der Waals surface area (Å²) in [5.41, 5.74) is 0.437. The van der Waals surface area contributed by atoms with Crippen LogP contribution in [0.25, 0.3) is 0 Å². The lowest BCUT2D eigenvalue weighted by Crippen LogP contribution is -2.15. The van der Waals surface area contributed by atoms with Gasteiger partial charge in [0.1, 0.15) is 0 Å². The van der Waals surface area contributed by atoms with Gasteiger partial charge in [-0.3, -0.25) is 14.4 Å². The van der Waals surface area contributed by atoms with Crippen molar-refractivity contribution in [3.8, 4) is 0 Å². The lowest BCUT2D eigenvalue weighted by atomic mass is 10.3. The summed E-state index contributed by atoms with van der Waals surface area (Å²) in [5, 5.41) is 3.48. The summed E-state index contributed by atoms with van der Waals surface area (Å²) >= 11 is 2.36. The summed E-state index contributed by atoms with van der Waals surface area (Å²) in [6.45, 7) is 5.47. The second-order valence-corrected chi connectivity index (χ2v) is 7.66. The lowest BCUT2D eigenvalue weighted by molar-refractivity contribution is -0.146. The second-order valence-electron chi connectivity index (χ2n) is 5.58. The molecule has 0 saturated carbocycles. The van der Waals surface area contributed by atoms with Crippen LogP contribution in [-0.4, -0.2) is 38.7 Å². The van der Waals surface area contributed by atoms with Gasteiger partial charge in [-0.25, -0.2) is 9.97 Å². The highest BCUT2D eigenvalue weighted by atomic mass is 32.2. The van der Waals surface area contributed by atoms with Gasteiger partial charge >= 0.3 is 5.97 Å². The highest BCUT2D eigenvalue weighted by Crippen LogP contribution is 2.20. The van der Waals surface area contributed by atoms with E-state index in [1.807, 2.05) is 6.92 Å². The molecule has 0 aliphatic heterocycles. The van der Waals surface area contributed by atoms with E-state index in [1.54, 1.807) is 20.0 Å². The van der Waals surface area contributed by atoms with Crippen LogP contribution in [0, 0.1) is 0 Å². The largest absolute Gasteiger partial charge is 0.463 e. The number of carbonyl (C=O) groups excluding carboxylic acids is 2. The highest BCUT2D eigenvalue weighted by Gasteiger charge is 2.12. The Balaban J connectivity index is 1.86. The van der Waals surface area contributed by atoms with E-state index in [2.05, 4.69) is 20.3 Å². The van der Waals surface area contributed by atoms with Gasteiger partial charge in [-0.05, 0) is 20.3 Å². The normalized spacial score (nSPS) is 10.8. The molecule has 1 amide bonds. The third-order valence-electron chi connectivity index (χ3n) is 2.96. The van der Waals surface area contributed by atoms with Gasteiger partial charge in [0.2, 0.25) is 5.91 Å². The average molecular weight is 396 g/mol. The molecule has 0 radical (unpaired) electrons. The van der Waals surface area contributed by atoms with Gasteiger partial charge in [-0.1, -0.05) is 18.7 Å². The molecule has 0 aliphatic carbocycles. The molecule has 2 N–H and O–H groups in total. The van der Waals surface area contributed by atoms with Crippen LogP contribution in [0.2, 0.25) is 0 Å². The molecular weight excluding hydrogens is 376 g/mol. The van der Waals surface area contributed by atoms with Gasteiger partial charge < -0.3 is 15.0 Å². The molecule has 2 aromatic heterocycles. The molecule has 0 aromatic carbocycles. The minimum atomic E-state index is -0.331. The Morgan fingerprint density at radius 3 is 2.88 bits per heavy atom. The molecule has 8 nitrogen and oxygen atoms in total. The molecule has 0 aliphatic rings. The second kappa shape index (κ2) is 9.48. The van der Waals surface area contributed by atoms with E-state index in [9.17, 15) is 14.4 Å². The van der Waals surface area contributed by atoms with Crippen molar-refractivity contribution >= 4 is 40.1 Å². The number of nitrogens with one attached hydrogen (secondary N) is 2. The van der Waals surface area contributed by atoms with Crippen molar-refractivity contribution in [3.05, 3.63) is 33.2 Å². The molecule has 2 rings (SSSR count). The fourth-order valence-electron chi connectivity index (χ4n) is 1.92. The summed E-state index contributed by atoms with van der Waals surface area (Å²) in [5.74, 6) is -0.520. The SMILES string of the molecule is CCc1cc(=O)[nH]c(SCC(=O)Nc2ncc(CC(=O)OC(C)C)s2)n1. The van der Waals surface area contributed by atoms with Crippen LogP contribution in [0.5, 0.6) is 0 Å². The number of nitrogens with zero attached hydrogens (tertiary/aromatic N) is 2. The topological polar surface area (TPSA) is 114 Å². The standard InChI is InChI=1S/C16H20N4O4S2/c1-4-10-5-12(21)19-16(18-10)25-8-13(22)20-15-17-7-11(26-15)6-14(23)24-9(2)3/h5,7,9H,4,6,8H2,1-3H3,(H,17,20,22)(H,18,19,21). The van der Waals surface area contributed by atoms with Crippen molar-refractivity contribution in [1.82, 2.24) is 15.0 Å². The summed E-state index contributed by atoms with van der Waals surface area (Å²) in [6, 6.07) is 1.44. The van der Waals surface area contributed by atoms with Crippen LogP contribution in [0.4, 0.5) is 5.13 Å². The number of esters is 1. The Morgan fingerprint density at radius 1 is 1.42 bits per heavy atom. The number of thioether (sulfide) groups is 1. The van der Waals surface area contributed by atoms with Crippen LogP contribution in [0.3, 0.4) is 0 Å². The van der Waals surface area contributed by atoms with Crippen LogP contribution in [-0.2, 0) is 27.2 Å². The average Bonchev–Trinajstić information content (AvgIpc) is 2.98. The van der Waals surface area contributed by atoms with Crippen LogP contribution in [0.15, 0.2) is 22.2 Å². The van der Waals surface area contributed by atoms with E-state index >= 15 is 0 Å². The number of aryl methyl sites for hydroxylation is 1. The Morgan fingerprint density at radius 2 is 2.19 bits per heavy atom. The zero-order valence-corrected chi connectivity index (χ0v) is 16.3. The number of hydrogen-bond donors (Lipinski definition) is 2. The Kier molecular flexibility index (Phi) is 7.34. The molecule has 0 saturated heterocycles. The Hall–Kier alpha value is -2.20. The first kappa shape index (κ1) is 20.1. The first-order valence-electron chi connectivity index (χ1n) is 8.02. The molecule has 2 aromatic rings. The lowest BCUT2D eigenvalue weighted by Gasteiger charge is -2.06. The fourth-order valence-corrected chi connectivity index (χ4v) is 3.42. The molecule has 26 heavy (non-hydrogen) atoms. The molecule has 2 heterocycles. The van der Waals surface area contributed by atoms with Crippen molar-refractivity contribution in [3.63, 3.8) is 0 Å². The van der Waals surface area contributed by atoms with Crippen LogP contribution >= 0.6 is 23.1 Å². The number of ether oxygens (including phenoxy) is 1. The van der Waals surface area contributed by atoms with Crippen molar-refractivity contribution in [2.45, 2.75) is 44.9 Å². The Labute approximate surface area is 158 Å². The van der Waals surface area contributed by atoms with Gasteiger partial charge in [0.15, 0.2) is 10.3 Å². The maximum atomic E-state index is 12.0. The summed E-state index contributed by atoms with van der Waals surface area (Å²) in [7, 11) is 0. The number of carbonyl (C=O) groups is 2. The van der Waals surface area contributed by atoms with E-state index < -0.39 is 0 Å². The summed E-state index contributed by atoms with van der Waals surface area (Å²) in [6.07, 6.45) is 2.14. The zero-order chi connectivity index (χ0) is 19.1. The molecule has 0 bridgehead atoms. The minimum absolute atomic E-state index is 0.0837. The maximum absolute atomic E-state index is 12.0. The number of aromatic amines is 1. The van der Waals surface area contributed by atoms with E-state index in [0.29, 0.717) is 27.3 Å². The highest BCUT2D eigenvalue weighted by molar-refractivity contribution is 7.99. The van der Waals surface area contributed by atoms with Crippen LogP contribution in [0.1, 0.15) is 31.3 Å². The van der Waals surface area contributed by atoms with E-state index in [1.165, 1.54) is 17.4 Å². The molecular formula is C16H20N4O4S2. The van der Waals surface area contributed by atoms with Crippen molar-refractivity contribution in [2.24, 2.45) is 0 Å². The number of thiazole rings is 1. The van der Waals surface area contributed by atoms with Gasteiger partial charge in [0, 0.05) is 22.8 Å². The maximum Gasteiger partial charge on any atom is 0.311 e. The number of amides is 1. The number of aromatic nitrogens is 3. The summed E-state index contributed by atoms with van der Waals surface area (Å²) < 4.78 is 5.07. The fraction of sp³-hybridized carbons (Fsp3) is 0.438. The zero-order valence-electron chi connectivity index (χ0n) is 14.7. The van der Waals surface area contributed by atoms with Gasteiger partial charge in [0.25, 0.3) is 5.56 Å². The smallest absolute Gasteiger partial charge is 0.311 e. The van der Waals surface area contributed by atoms with Crippen molar-refractivity contribution < 1.29 is 14.3 Å². The van der Waals surface area contributed by atoms with Crippen LogP contribution < -0.4 is 10.9 Å². The quantitative estimate of drug-likeness (QED) is 0.398. The number of H-pyrrole nitrogens is 1. The Bertz CT molecular complexity index is 832. The minimum Gasteiger partial charge on any atom is -0.463 e. The van der Waals surface area contributed by atoms with E-state index in [-0.39, 0.29) is 35.7 Å². The van der Waals surface area contributed by atoms with Crippen molar-refractivity contribution in [1.29, 1.82) is 0 Å². The molecule has 10 heteroatoms. The van der Waals surface area contributed by atoms with E-state index in [4.69, 9.17) is 4.74 Å². The number of anilines is 1. The first-order valence-corrected chi connectivity index (χ1v) is 9.83.